The fourth-order valence-electron chi connectivity index (χ4n) is 3.88. The summed E-state index contributed by atoms with van der Waals surface area (Å²) in [6.45, 7) is 4.06. The fourth-order valence-corrected chi connectivity index (χ4v) is 3.88. The normalized spacial score (nSPS) is 11.7. The van der Waals surface area contributed by atoms with Crippen LogP contribution in [0.5, 0.6) is 0 Å². The molecular weight excluding hydrogens is 428 g/mol. The molecule has 2 aromatic carbocycles. The van der Waals surface area contributed by atoms with E-state index in [2.05, 4.69) is 25.8 Å². The first-order valence-electron chi connectivity index (χ1n) is 11.0. The monoisotopic (exact) mass is 454 g/mol. The second kappa shape index (κ2) is 9.99. The van der Waals surface area contributed by atoms with Crippen LogP contribution in [0, 0.1) is 5.92 Å². The number of nitrogens with zero attached hydrogens (tertiary/aromatic N) is 2. The van der Waals surface area contributed by atoms with E-state index in [1.54, 1.807) is 42.6 Å². The summed E-state index contributed by atoms with van der Waals surface area (Å²) in [5.74, 6) is 0.00259. The SMILES string of the molecule is CC(C)C(C(=O)Nc1ccc(-c2[nH]nc(Nc3ccccn3)c2C(N)=O)cc1)c1ccccc1. The van der Waals surface area contributed by atoms with Gasteiger partial charge < -0.3 is 16.4 Å². The molecule has 4 aromatic rings. The van der Waals surface area contributed by atoms with E-state index in [0.29, 0.717) is 28.6 Å². The molecule has 0 aliphatic carbocycles. The van der Waals surface area contributed by atoms with Crippen LogP contribution >= 0.6 is 0 Å². The van der Waals surface area contributed by atoms with Gasteiger partial charge in [-0.15, -0.1) is 0 Å². The molecule has 0 saturated heterocycles. The van der Waals surface area contributed by atoms with Gasteiger partial charge in [0.25, 0.3) is 5.91 Å². The zero-order valence-corrected chi connectivity index (χ0v) is 18.9. The van der Waals surface area contributed by atoms with Crippen molar-refractivity contribution < 1.29 is 9.59 Å². The Kier molecular flexibility index (Phi) is 6.68. The number of pyridine rings is 1. The Morgan fingerprint density at radius 1 is 0.941 bits per heavy atom. The minimum atomic E-state index is -0.623. The van der Waals surface area contributed by atoms with Crippen molar-refractivity contribution in [2.24, 2.45) is 11.7 Å². The molecular formula is C26H26N6O2. The third-order valence-electron chi connectivity index (χ3n) is 5.47. The number of rotatable bonds is 8. The third-order valence-corrected chi connectivity index (χ3v) is 5.47. The van der Waals surface area contributed by atoms with Gasteiger partial charge in [0.1, 0.15) is 11.4 Å². The zero-order valence-electron chi connectivity index (χ0n) is 18.9. The van der Waals surface area contributed by atoms with Crippen molar-refractivity contribution in [2.45, 2.75) is 19.8 Å². The molecule has 0 radical (unpaired) electrons. The number of nitrogens with two attached hydrogens (primary N) is 1. The van der Waals surface area contributed by atoms with E-state index in [0.717, 1.165) is 5.56 Å². The van der Waals surface area contributed by atoms with Crippen LogP contribution in [0.3, 0.4) is 0 Å². The highest BCUT2D eigenvalue weighted by molar-refractivity contribution is 6.04. The maximum absolute atomic E-state index is 13.0. The minimum Gasteiger partial charge on any atom is -0.365 e. The van der Waals surface area contributed by atoms with Gasteiger partial charge in [-0.2, -0.15) is 5.10 Å². The van der Waals surface area contributed by atoms with Gasteiger partial charge in [-0.25, -0.2) is 4.98 Å². The van der Waals surface area contributed by atoms with Crippen molar-refractivity contribution in [1.29, 1.82) is 0 Å². The second-order valence-electron chi connectivity index (χ2n) is 8.23. The van der Waals surface area contributed by atoms with Crippen LogP contribution in [0.25, 0.3) is 11.3 Å². The lowest BCUT2D eigenvalue weighted by molar-refractivity contribution is -0.118. The Morgan fingerprint density at radius 2 is 1.65 bits per heavy atom. The molecule has 172 valence electrons. The van der Waals surface area contributed by atoms with Crippen molar-refractivity contribution in [2.75, 3.05) is 10.6 Å². The molecule has 34 heavy (non-hydrogen) atoms. The van der Waals surface area contributed by atoms with Crippen molar-refractivity contribution >= 4 is 29.1 Å². The maximum Gasteiger partial charge on any atom is 0.254 e. The van der Waals surface area contributed by atoms with Gasteiger partial charge in [-0.3, -0.25) is 14.7 Å². The number of hydrogen-bond acceptors (Lipinski definition) is 5. The summed E-state index contributed by atoms with van der Waals surface area (Å²) < 4.78 is 0. The Hall–Kier alpha value is -4.46. The summed E-state index contributed by atoms with van der Waals surface area (Å²) in [4.78, 5) is 29.4. The van der Waals surface area contributed by atoms with E-state index in [9.17, 15) is 9.59 Å². The highest BCUT2D eigenvalue weighted by Crippen LogP contribution is 2.30. The van der Waals surface area contributed by atoms with E-state index in [1.807, 2.05) is 50.2 Å². The molecule has 0 aliphatic rings. The molecule has 0 spiro atoms. The highest BCUT2D eigenvalue weighted by atomic mass is 16.2. The van der Waals surface area contributed by atoms with E-state index >= 15 is 0 Å². The van der Waals surface area contributed by atoms with Crippen molar-refractivity contribution in [3.63, 3.8) is 0 Å². The van der Waals surface area contributed by atoms with Gasteiger partial charge in [0.15, 0.2) is 5.82 Å². The Morgan fingerprint density at radius 3 is 2.26 bits per heavy atom. The first kappa shape index (κ1) is 22.7. The van der Waals surface area contributed by atoms with Gasteiger partial charge in [-0.1, -0.05) is 62.4 Å². The molecule has 8 nitrogen and oxygen atoms in total. The number of nitrogens with one attached hydrogen (secondary N) is 3. The fraction of sp³-hybridized carbons (Fsp3) is 0.154. The number of aromatic nitrogens is 3. The van der Waals surface area contributed by atoms with E-state index in [-0.39, 0.29) is 23.3 Å². The lowest BCUT2D eigenvalue weighted by atomic mass is 9.87. The van der Waals surface area contributed by atoms with Crippen LogP contribution in [-0.2, 0) is 4.79 Å². The number of aromatic amines is 1. The number of primary amides is 1. The summed E-state index contributed by atoms with van der Waals surface area (Å²) in [6.07, 6.45) is 1.63. The average Bonchev–Trinajstić information content (AvgIpc) is 3.24. The van der Waals surface area contributed by atoms with Crippen LogP contribution in [0.1, 0.15) is 35.7 Å². The van der Waals surface area contributed by atoms with Gasteiger partial charge in [-0.05, 0) is 35.7 Å². The molecule has 4 rings (SSSR count). The number of benzene rings is 2. The van der Waals surface area contributed by atoms with Gasteiger partial charge in [0.05, 0.1) is 11.6 Å². The van der Waals surface area contributed by atoms with Crippen LogP contribution in [0.15, 0.2) is 79.0 Å². The zero-order chi connectivity index (χ0) is 24.1. The molecule has 1 unspecified atom stereocenters. The van der Waals surface area contributed by atoms with Crippen molar-refractivity contribution in [1.82, 2.24) is 15.2 Å². The number of H-pyrrole nitrogens is 1. The summed E-state index contributed by atoms with van der Waals surface area (Å²) in [5.41, 5.74) is 8.69. The van der Waals surface area contributed by atoms with Crippen LogP contribution < -0.4 is 16.4 Å². The Balaban J connectivity index is 1.55. The molecule has 8 heteroatoms. The molecule has 1 atom stereocenters. The molecule has 5 N–H and O–H groups in total. The molecule has 0 bridgehead atoms. The number of carbonyl (C=O) groups excluding carboxylic acids is 2. The largest absolute Gasteiger partial charge is 0.365 e. The number of anilines is 3. The van der Waals surface area contributed by atoms with Crippen molar-refractivity contribution in [3.05, 3.63) is 90.1 Å². The van der Waals surface area contributed by atoms with Crippen LogP contribution in [0.4, 0.5) is 17.3 Å². The summed E-state index contributed by atoms with van der Waals surface area (Å²) in [6, 6.07) is 22.3. The summed E-state index contributed by atoms with van der Waals surface area (Å²) in [7, 11) is 0. The number of hydrogen-bond donors (Lipinski definition) is 4. The highest BCUT2D eigenvalue weighted by Gasteiger charge is 2.24. The van der Waals surface area contributed by atoms with Crippen LogP contribution in [0.2, 0.25) is 0 Å². The molecule has 0 aliphatic heterocycles. The smallest absolute Gasteiger partial charge is 0.254 e. The van der Waals surface area contributed by atoms with E-state index < -0.39 is 5.91 Å². The van der Waals surface area contributed by atoms with Crippen LogP contribution in [-0.4, -0.2) is 27.0 Å². The first-order chi connectivity index (χ1) is 16.4. The Labute approximate surface area is 197 Å². The molecule has 2 heterocycles. The predicted octanol–water partition coefficient (Wildman–Crippen LogP) is 4.69. The number of amides is 2. The Bertz CT molecular complexity index is 1270. The summed E-state index contributed by atoms with van der Waals surface area (Å²) in [5, 5.41) is 13.1. The topological polar surface area (TPSA) is 126 Å². The van der Waals surface area contributed by atoms with E-state index in [1.165, 1.54) is 0 Å². The lowest BCUT2D eigenvalue weighted by Gasteiger charge is -2.21. The van der Waals surface area contributed by atoms with Gasteiger partial charge in [0, 0.05) is 17.4 Å². The lowest BCUT2D eigenvalue weighted by Crippen LogP contribution is -2.25. The molecule has 2 aromatic heterocycles. The second-order valence-corrected chi connectivity index (χ2v) is 8.23. The standard InChI is InChI=1S/C26H26N6O2/c1-16(2)21(17-8-4-3-5-9-17)26(34)29-19-13-11-18(12-14-19)23-22(24(27)33)25(32-31-23)30-20-10-6-7-15-28-20/h3-16,21H,1-2H3,(H2,27,33)(H,29,34)(H2,28,30,31,32). The quantitative estimate of drug-likeness (QED) is 0.307. The predicted molar refractivity (Wildman–Crippen MR) is 133 cm³/mol. The number of carbonyl (C=O) groups is 2. The van der Waals surface area contributed by atoms with Gasteiger partial charge >= 0.3 is 0 Å². The average molecular weight is 455 g/mol. The maximum atomic E-state index is 13.0. The summed E-state index contributed by atoms with van der Waals surface area (Å²) >= 11 is 0. The third kappa shape index (κ3) is 4.96. The molecule has 0 fully saturated rings. The first-order valence-corrected chi connectivity index (χ1v) is 11.0. The molecule has 2 amide bonds. The molecule has 0 saturated carbocycles. The minimum absolute atomic E-state index is 0.0739. The van der Waals surface area contributed by atoms with Crippen molar-refractivity contribution in [3.8, 4) is 11.3 Å². The van der Waals surface area contributed by atoms with Gasteiger partial charge in [0.2, 0.25) is 5.91 Å². The van der Waals surface area contributed by atoms with E-state index in [4.69, 9.17) is 5.73 Å².